The SMILES string of the molecule is C[N+]1(CSC(=O)c2ccccc2)CCCCC1. The van der Waals surface area contributed by atoms with E-state index in [0.29, 0.717) is 0 Å². The van der Waals surface area contributed by atoms with Gasteiger partial charge in [-0.15, -0.1) is 0 Å². The van der Waals surface area contributed by atoms with Crippen LogP contribution in [0.4, 0.5) is 0 Å². The van der Waals surface area contributed by atoms with E-state index in [1.807, 2.05) is 30.3 Å². The third-order valence-electron chi connectivity index (χ3n) is 3.41. The van der Waals surface area contributed by atoms with E-state index in [-0.39, 0.29) is 5.12 Å². The lowest BCUT2D eigenvalue weighted by atomic mass is 10.1. The summed E-state index contributed by atoms with van der Waals surface area (Å²) in [6, 6.07) is 9.58. The minimum absolute atomic E-state index is 0.204. The van der Waals surface area contributed by atoms with Gasteiger partial charge < -0.3 is 4.48 Å². The lowest BCUT2D eigenvalue weighted by Crippen LogP contribution is -2.47. The van der Waals surface area contributed by atoms with Crippen molar-refractivity contribution in [3.8, 4) is 0 Å². The number of piperidine rings is 1. The molecule has 17 heavy (non-hydrogen) atoms. The first-order valence-electron chi connectivity index (χ1n) is 6.25. The van der Waals surface area contributed by atoms with E-state index in [4.69, 9.17) is 0 Å². The van der Waals surface area contributed by atoms with Crippen molar-refractivity contribution in [1.82, 2.24) is 0 Å². The fourth-order valence-electron chi connectivity index (χ4n) is 2.28. The van der Waals surface area contributed by atoms with E-state index in [0.717, 1.165) is 15.9 Å². The fraction of sp³-hybridized carbons (Fsp3) is 0.500. The number of benzene rings is 1. The minimum atomic E-state index is 0.204. The molecule has 0 radical (unpaired) electrons. The van der Waals surface area contributed by atoms with Gasteiger partial charge in [0.1, 0.15) is 5.88 Å². The van der Waals surface area contributed by atoms with Gasteiger partial charge in [-0.3, -0.25) is 4.79 Å². The second kappa shape index (κ2) is 5.69. The Morgan fingerprint density at radius 1 is 1.18 bits per heavy atom. The Morgan fingerprint density at radius 2 is 1.82 bits per heavy atom. The monoisotopic (exact) mass is 250 g/mol. The first kappa shape index (κ1) is 12.7. The molecule has 1 aliphatic heterocycles. The summed E-state index contributed by atoms with van der Waals surface area (Å²) in [7, 11) is 2.27. The molecule has 0 unspecified atom stereocenters. The third-order valence-corrected chi connectivity index (χ3v) is 4.66. The molecule has 1 aliphatic rings. The Balaban J connectivity index is 1.87. The Kier molecular flexibility index (Phi) is 4.24. The average molecular weight is 250 g/mol. The first-order chi connectivity index (χ1) is 8.20. The van der Waals surface area contributed by atoms with Gasteiger partial charge in [-0.05, 0) is 31.0 Å². The van der Waals surface area contributed by atoms with Gasteiger partial charge in [-0.2, -0.15) is 0 Å². The van der Waals surface area contributed by atoms with Crippen molar-refractivity contribution in [2.75, 3.05) is 26.0 Å². The van der Waals surface area contributed by atoms with Gasteiger partial charge in [0.05, 0.1) is 20.1 Å². The van der Waals surface area contributed by atoms with E-state index in [2.05, 4.69) is 7.05 Å². The molecule has 0 bridgehead atoms. The van der Waals surface area contributed by atoms with Crippen LogP contribution in [0.2, 0.25) is 0 Å². The molecule has 1 aromatic carbocycles. The second-order valence-electron chi connectivity index (χ2n) is 5.05. The smallest absolute Gasteiger partial charge is 0.224 e. The van der Waals surface area contributed by atoms with Crippen LogP contribution in [0.15, 0.2) is 30.3 Å². The van der Waals surface area contributed by atoms with Crippen LogP contribution in [0, 0.1) is 0 Å². The summed E-state index contributed by atoms with van der Waals surface area (Å²) in [5, 5.41) is 0.204. The maximum atomic E-state index is 12.0. The predicted molar refractivity (Wildman–Crippen MR) is 73.0 cm³/mol. The molecule has 0 aliphatic carbocycles. The van der Waals surface area contributed by atoms with Gasteiger partial charge in [0.15, 0.2) is 0 Å². The van der Waals surface area contributed by atoms with E-state index in [1.165, 1.54) is 44.1 Å². The summed E-state index contributed by atoms with van der Waals surface area (Å²) in [5.74, 6) is 0.910. The highest BCUT2D eigenvalue weighted by Crippen LogP contribution is 2.22. The van der Waals surface area contributed by atoms with Crippen LogP contribution >= 0.6 is 11.8 Å². The maximum Gasteiger partial charge on any atom is 0.224 e. The summed E-state index contributed by atoms with van der Waals surface area (Å²) < 4.78 is 1.04. The highest BCUT2D eigenvalue weighted by Gasteiger charge is 2.25. The van der Waals surface area contributed by atoms with E-state index in [1.54, 1.807) is 0 Å². The number of quaternary nitrogens is 1. The van der Waals surface area contributed by atoms with Gasteiger partial charge in [-0.25, -0.2) is 0 Å². The lowest BCUT2D eigenvalue weighted by molar-refractivity contribution is -0.901. The molecule has 0 aromatic heterocycles. The zero-order chi connectivity index (χ0) is 12.1. The van der Waals surface area contributed by atoms with Crippen molar-refractivity contribution in [2.24, 2.45) is 0 Å². The zero-order valence-electron chi connectivity index (χ0n) is 10.4. The number of hydrogen-bond acceptors (Lipinski definition) is 2. The van der Waals surface area contributed by atoms with Crippen molar-refractivity contribution in [3.05, 3.63) is 35.9 Å². The van der Waals surface area contributed by atoms with Crippen LogP contribution in [0.1, 0.15) is 29.6 Å². The van der Waals surface area contributed by atoms with Crippen LogP contribution in [0.25, 0.3) is 0 Å². The predicted octanol–water partition coefficient (Wildman–Crippen LogP) is 3.15. The number of hydrogen-bond donors (Lipinski definition) is 0. The van der Waals surface area contributed by atoms with Crippen LogP contribution in [-0.2, 0) is 0 Å². The van der Waals surface area contributed by atoms with E-state index >= 15 is 0 Å². The molecule has 1 heterocycles. The van der Waals surface area contributed by atoms with Crippen LogP contribution in [0.3, 0.4) is 0 Å². The summed E-state index contributed by atoms with van der Waals surface area (Å²) in [6.45, 7) is 2.43. The van der Waals surface area contributed by atoms with Crippen LogP contribution < -0.4 is 0 Å². The van der Waals surface area contributed by atoms with Crippen molar-refractivity contribution in [2.45, 2.75) is 19.3 Å². The normalized spacial score (nSPS) is 18.9. The van der Waals surface area contributed by atoms with Gasteiger partial charge >= 0.3 is 0 Å². The fourth-order valence-corrected chi connectivity index (χ4v) is 3.27. The van der Waals surface area contributed by atoms with E-state index in [9.17, 15) is 4.79 Å². The number of carbonyl (C=O) groups is 1. The molecule has 92 valence electrons. The number of thioether (sulfide) groups is 1. The largest absolute Gasteiger partial charge is 0.317 e. The standard InChI is InChI=1S/C14H20NOS/c1-15(10-6-3-7-11-15)12-17-14(16)13-8-4-2-5-9-13/h2,4-5,8-9H,3,6-7,10-12H2,1H3/q+1. The Morgan fingerprint density at radius 3 is 2.47 bits per heavy atom. The second-order valence-corrected chi connectivity index (χ2v) is 5.97. The van der Waals surface area contributed by atoms with Gasteiger partial charge in [0.2, 0.25) is 5.12 Å². The number of nitrogens with zero attached hydrogens (tertiary/aromatic N) is 1. The lowest BCUT2D eigenvalue weighted by Gasteiger charge is -2.37. The molecule has 2 rings (SSSR count). The number of rotatable bonds is 3. The molecular weight excluding hydrogens is 230 g/mol. The van der Waals surface area contributed by atoms with Crippen molar-refractivity contribution in [3.63, 3.8) is 0 Å². The molecule has 0 N–H and O–H groups in total. The number of carbonyl (C=O) groups excluding carboxylic acids is 1. The minimum Gasteiger partial charge on any atom is -0.317 e. The molecule has 0 saturated carbocycles. The summed E-state index contributed by atoms with van der Waals surface area (Å²) in [6.07, 6.45) is 3.96. The van der Waals surface area contributed by atoms with Crippen molar-refractivity contribution in [1.29, 1.82) is 0 Å². The maximum absolute atomic E-state index is 12.0. The molecular formula is C14H20NOS+. The molecule has 0 spiro atoms. The molecule has 1 saturated heterocycles. The van der Waals surface area contributed by atoms with Crippen molar-refractivity contribution >= 4 is 16.9 Å². The molecule has 1 aromatic rings. The van der Waals surface area contributed by atoms with Crippen LogP contribution in [-0.4, -0.2) is 35.6 Å². The number of likely N-dealkylation sites (tertiary alicyclic amines) is 1. The third kappa shape index (κ3) is 3.58. The zero-order valence-corrected chi connectivity index (χ0v) is 11.2. The average Bonchev–Trinajstić information content (AvgIpc) is 2.38. The first-order valence-corrected chi connectivity index (χ1v) is 7.24. The highest BCUT2D eigenvalue weighted by molar-refractivity contribution is 8.14. The molecule has 0 atom stereocenters. The van der Waals surface area contributed by atoms with Gasteiger partial charge in [0, 0.05) is 5.56 Å². The van der Waals surface area contributed by atoms with E-state index < -0.39 is 0 Å². The van der Waals surface area contributed by atoms with Crippen molar-refractivity contribution < 1.29 is 9.28 Å². The summed E-state index contributed by atoms with van der Waals surface area (Å²) in [4.78, 5) is 12.0. The quantitative estimate of drug-likeness (QED) is 0.767. The highest BCUT2D eigenvalue weighted by atomic mass is 32.2. The van der Waals surface area contributed by atoms with Gasteiger partial charge in [0.25, 0.3) is 0 Å². The van der Waals surface area contributed by atoms with Gasteiger partial charge in [-0.1, -0.05) is 30.3 Å². The Labute approximate surface area is 108 Å². The Bertz CT molecular complexity index is 371. The molecule has 2 nitrogen and oxygen atoms in total. The summed E-state index contributed by atoms with van der Waals surface area (Å²) in [5.41, 5.74) is 0.820. The molecule has 1 fully saturated rings. The molecule has 3 heteroatoms. The molecule has 0 amide bonds. The topological polar surface area (TPSA) is 17.1 Å². The Hall–Kier alpha value is -0.800. The van der Waals surface area contributed by atoms with Crippen LogP contribution in [0.5, 0.6) is 0 Å². The summed E-state index contributed by atoms with van der Waals surface area (Å²) >= 11 is 1.47.